The van der Waals surface area contributed by atoms with Gasteiger partial charge in [0, 0.05) is 18.2 Å². The van der Waals surface area contributed by atoms with Crippen molar-refractivity contribution in [2.45, 2.75) is 32.4 Å². The van der Waals surface area contributed by atoms with Crippen molar-refractivity contribution in [1.82, 2.24) is 10.2 Å². The standard InChI is InChI=1S/C15H22F2N2/c1-11(12-5-7-19(2)8-6-12)18-10-13-9-14(16)3-4-15(13)17/h3-4,9,11-12,18H,5-8,10H2,1-2H3. The van der Waals surface area contributed by atoms with E-state index >= 15 is 0 Å². The van der Waals surface area contributed by atoms with Crippen LogP contribution in [0, 0.1) is 17.6 Å². The molecular formula is C15H22F2N2. The molecule has 1 N–H and O–H groups in total. The Bertz CT molecular complexity index is 415. The molecule has 0 spiro atoms. The van der Waals surface area contributed by atoms with Crippen LogP contribution in [0.5, 0.6) is 0 Å². The van der Waals surface area contributed by atoms with Crippen molar-refractivity contribution in [2.24, 2.45) is 5.92 Å². The second kappa shape index (κ2) is 6.44. The zero-order chi connectivity index (χ0) is 13.8. The summed E-state index contributed by atoms with van der Waals surface area (Å²) in [5.74, 6) is -0.109. The molecule has 106 valence electrons. The van der Waals surface area contributed by atoms with Crippen LogP contribution in [-0.4, -0.2) is 31.1 Å². The van der Waals surface area contributed by atoms with Crippen LogP contribution in [0.25, 0.3) is 0 Å². The van der Waals surface area contributed by atoms with Gasteiger partial charge in [-0.3, -0.25) is 0 Å². The fourth-order valence-electron chi connectivity index (χ4n) is 2.64. The largest absolute Gasteiger partial charge is 0.310 e. The van der Waals surface area contributed by atoms with E-state index in [9.17, 15) is 8.78 Å². The second-order valence-electron chi connectivity index (χ2n) is 5.55. The van der Waals surface area contributed by atoms with Crippen molar-refractivity contribution < 1.29 is 8.78 Å². The highest BCUT2D eigenvalue weighted by molar-refractivity contribution is 5.18. The highest BCUT2D eigenvalue weighted by Gasteiger charge is 2.22. The van der Waals surface area contributed by atoms with Crippen molar-refractivity contribution >= 4 is 0 Å². The van der Waals surface area contributed by atoms with Gasteiger partial charge < -0.3 is 10.2 Å². The molecule has 1 aliphatic rings. The molecule has 2 rings (SSSR count). The number of nitrogens with zero attached hydrogens (tertiary/aromatic N) is 1. The lowest BCUT2D eigenvalue weighted by Gasteiger charge is -2.33. The zero-order valence-corrected chi connectivity index (χ0v) is 11.6. The molecule has 2 nitrogen and oxygen atoms in total. The maximum Gasteiger partial charge on any atom is 0.127 e. The van der Waals surface area contributed by atoms with E-state index in [1.54, 1.807) is 0 Å². The van der Waals surface area contributed by atoms with Gasteiger partial charge in [0.1, 0.15) is 11.6 Å². The van der Waals surface area contributed by atoms with Crippen molar-refractivity contribution in [1.29, 1.82) is 0 Å². The van der Waals surface area contributed by atoms with Gasteiger partial charge in [-0.2, -0.15) is 0 Å². The van der Waals surface area contributed by atoms with E-state index in [1.165, 1.54) is 12.1 Å². The molecule has 1 aromatic rings. The number of hydrogen-bond acceptors (Lipinski definition) is 2. The molecule has 1 unspecified atom stereocenters. The van der Waals surface area contributed by atoms with Gasteiger partial charge in [0.25, 0.3) is 0 Å². The first-order chi connectivity index (χ1) is 9.06. The fraction of sp³-hybridized carbons (Fsp3) is 0.600. The van der Waals surface area contributed by atoms with E-state index in [2.05, 4.69) is 24.2 Å². The molecule has 1 atom stereocenters. The molecule has 1 aliphatic heterocycles. The molecule has 19 heavy (non-hydrogen) atoms. The Hall–Kier alpha value is -1.00. The fourth-order valence-corrected chi connectivity index (χ4v) is 2.64. The first-order valence-electron chi connectivity index (χ1n) is 6.92. The predicted molar refractivity (Wildman–Crippen MR) is 72.9 cm³/mol. The van der Waals surface area contributed by atoms with Gasteiger partial charge in [-0.05, 0) is 64.0 Å². The van der Waals surface area contributed by atoms with Crippen molar-refractivity contribution in [2.75, 3.05) is 20.1 Å². The predicted octanol–water partition coefficient (Wildman–Crippen LogP) is 2.78. The van der Waals surface area contributed by atoms with Crippen LogP contribution in [0.4, 0.5) is 8.78 Å². The summed E-state index contributed by atoms with van der Waals surface area (Å²) in [7, 11) is 2.14. The van der Waals surface area contributed by atoms with Gasteiger partial charge in [0.05, 0.1) is 0 Å². The summed E-state index contributed by atoms with van der Waals surface area (Å²) >= 11 is 0. The molecule has 1 aromatic carbocycles. The quantitative estimate of drug-likeness (QED) is 0.903. The Kier molecular flexibility index (Phi) is 4.88. The third-order valence-electron chi connectivity index (χ3n) is 4.09. The number of benzene rings is 1. The van der Waals surface area contributed by atoms with Crippen LogP contribution in [-0.2, 0) is 6.54 Å². The summed E-state index contributed by atoms with van der Waals surface area (Å²) < 4.78 is 26.6. The van der Waals surface area contributed by atoms with E-state index < -0.39 is 0 Å². The summed E-state index contributed by atoms with van der Waals surface area (Å²) in [5, 5.41) is 3.33. The van der Waals surface area contributed by atoms with E-state index in [4.69, 9.17) is 0 Å². The molecule has 4 heteroatoms. The maximum atomic E-state index is 13.5. The SMILES string of the molecule is CC(NCc1cc(F)ccc1F)C1CCN(C)CC1. The molecule has 0 aliphatic carbocycles. The van der Waals surface area contributed by atoms with Gasteiger partial charge in [-0.1, -0.05) is 0 Å². The molecule has 0 amide bonds. The van der Waals surface area contributed by atoms with Gasteiger partial charge in [0.15, 0.2) is 0 Å². The molecule has 0 radical (unpaired) electrons. The highest BCUT2D eigenvalue weighted by atomic mass is 19.1. The van der Waals surface area contributed by atoms with Crippen LogP contribution < -0.4 is 5.32 Å². The van der Waals surface area contributed by atoms with Gasteiger partial charge >= 0.3 is 0 Å². The van der Waals surface area contributed by atoms with Crippen LogP contribution in [0.2, 0.25) is 0 Å². The topological polar surface area (TPSA) is 15.3 Å². The molecule has 0 bridgehead atoms. The summed E-state index contributed by atoms with van der Waals surface area (Å²) in [4.78, 5) is 2.33. The lowest BCUT2D eigenvalue weighted by Crippen LogP contribution is -2.40. The monoisotopic (exact) mass is 268 g/mol. The Balaban J connectivity index is 1.86. The minimum Gasteiger partial charge on any atom is -0.310 e. The smallest absolute Gasteiger partial charge is 0.127 e. The normalized spacial score (nSPS) is 19.6. The number of nitrogens with one attached hydrogen (secondary N) is 1. The third-order valence-corrected chi connectivity index (χ3v) is 4.09. The lowest BCUT2D eigenvalue weighted by atomic mass is 9.90. The molecule has 0 aromatic heterocycles. The molecule has 1 saturated heterocycles. The third kappa shape index (κ3) is 3.98. The first kappa shape index (κ1) is 14.4. The Labute approximate surface area is 113 Å². The Morgan fingerprint density at radius 1 is 1.32 bits per heavy atom. The molecule has 1 fully saturated rings. The van der Waals surface area contributed by atoms with Gasteiger partial charge in [0.2, 0.25) is 0 Å². The van der Waals surface area contributed by atoms with Gasteiger partial charge in [-0.15, -0.1) is 0 Å². The summed E-state index contributed by atoms with van der Waals surface area (Å²) in [6, 6.07) is 3.94. The van der Waals surface area contributed by atoms with Crippen LogP contribution in [0.1, 0.15) is 25.3 Å². The maximum absolute atomic E-state index is 13.5. The molecular weight excluding hydrogens is 246 g/mol. The average Bonchev–Trinajstić information content (AvgIpc) is 2.40. The van der Waals surface area contributed by atoms with E-state index in [-0.39, 0.29) is 11.6 Å². The van der Waals surface area contributed by atoms with Gasteiger partial charge in [-0.25, -0.2) is 8.78 Å². The number of likely N-dealkylation sites (tertiary alicyclic amines) is 1. The minimum absolute atomic E-state index is 0.330. The zero-order valence-electron chi connectivity index (χ0n) is 11.6. The van der Waals surface area contributed by atoms with Crippen LogP contribution in [0.15, 0.2) is 18.2 Å². The van der Waals surface area contributed by atoms with E-state index in [1.807, 2.05) is 0 Å². The summed E-state index contributed by atoms with van der Waals surface area (Å²) in [6.45, 7) is 4.75. The van der Waals surface area contributed by atoms with Crippen LogP contribution in [0.3, 0.4) is 0 Å². The number of halogens is 2. The number of piperidine rings is 1. The lowest BCUT2D eigenvalue weighted by molar-refractivity contribution is 0.189. The second-order valence-corrected chi connectivity index (χ2v) is 5.55. The van der Waals surface area contributed by atoms with Crippen molar-refractivity contribution in [3.05, 3.63) is 35.4 Å². The Morgan fingerprint density at radius 2 is 2.00 bits per heavy atom. The summed E-state index contributed by atoms with van der Waals surface area (Å²) in [6.07, 6.45) is 2.33. The van der Waals surface area contributed by atoms with E-state index in [0.717, 1.165) is 32.0 Å². The van der Waals surface area contributed by atoms with E-state index in [0.29, 0.717) is 24.1 Å². The number of rotatable bonds is 4. The van der Waals surface area contributed by atoms with Crippen molar-refractivity contribution in [3.63, 3.8) is 0 Å². The molecule has 0 saturated carbocycles. The number of hydrogen-bond donors (Lipinski definition) is 1. The summed E-state index contributed by atoms with van der Waals surface area (Å²) in [5.41, 5.74) is 0.403. The van der Waals surface area contributed by atoms with Crippen LogP contribution >= 0.6 is 0 Å². The van der Waals surface area contributed by atoms with Crippen molar-refractivity contribution in [3.8, 4) is 0 Å². The minimum atomic E-state index is -0.384. The Morgan fingerprint density at radius 3 is 2.68 bits per heavy atom. The highest BCUT2D eigenvalue weighted by Crippen LogP contribution is 2.20. The molecule has 1 heterocycles. The first-order valence-corrected chi connectivity index (χ1v) is 6.92. The average molecular weight is 268 g/mol.